The van der Waals surface area contributed by atoms with Crippen LogP contribution in [0, 0.1) is 17.3 Å². The number of halogens is 1. The lowest BCUT2D eigenvalue weighted by molar-refractivity contribution is -0.135. The molecule has 0 saturated heterocycles. The lowest BCUT2D eigenvalue weighted by atomic mass is 9.69. The summed E-state index contributed by atoms with van der Waals surface area (Å²) in [6, 6.07) is 0. The number of alkyl halides is 1. The zero-order valence-electron chi connectivity index (χ0n) is 13.8. The van der Waals surface area contributed by atoms with E-state index in [1.54, 1.807) is 0 Å². The second-order valence-electron chi connectivity index (χ2n) is 7.42. The maximum absolute atomic E-state index is 12.4. The maximum atomic E-state index is 12.4. The summed E-state index contributed by atoms with van der Waals surface area (Å²) in [6.45, 7) is 7.91. The Morgan fingerprint density at radius 3 is 2.20 bits per heavy atom. The third-order valence-electron chi connectivity index (χ3n) is 4.80. The van der Waals surface area contributed by atoms with Crippen molar-refractivity contribution in [2.24, 2.45) is 17.3 Å². The molecule has 1 saturated carbocycles. The van der Waals surface area contributed by atoms with E-state index in [-0.39, 0.29) is 5.92 Å². The SMILES string of the molecule is CN(CCCCCBr)C(=O)C1CCC(C(C)(C)C)CC1. The molecule has 0 N–H and O–H groups in total. The van der Waals surface area contributed by atoms with Crippen molar-refractivity contribution in [1.82, 2.24) is 4.90 Å². The van der Waals surface area contributed by atoms with Gasteiger partial charge < -0.3 is 4.90 Å². The number of hydrogen-bond acceptors (Lipinski definition) is 1. The topological polar surface area (TPSA) is 20.3 Å². The second-order valence-corrected chi connectivity index (χ2v) is 8.22. The fraction of sp³-hybridized carbons (Fsp3) is 0.941. The van der Waals surface area contributed by atoms with E-state index in [4.69, 9.17) is 0 Å². The van der Waals surface area contributed by atoms with Crippen LogP contribution in [-0.4, -0.2) is 29.7 Å². The van der Waals surface area contributed by atoms with Crippen molar-refractivity contribution in [2.75, 3.05) is 18.9 Å². The van der Waals surface area contributed by atoms with Gasteiger partial charge in [-0.15, -0.1) is 0 Å². The van der Waals surface area contributed by atoms with Gasteiger partial charge in [0.05, 0.1) is 0 Å². The van der Waals surface area contributed by atoms with E-state index in [2.05, 4.69) is 36.7 Å². The molecule has 1 fully saturated rings. The van der Waals surface area contributed by atoms with Gasteiger partial charge in [0, 0.05) is 24.8 Å². The van der Waals surface area contributed by atoms with Crippen LogP contribution >= 0.6 is 15.9 Å². The van der Waals surface area contributed by atoms with Gasteiger partial charge in [0.15, 0.2) is 0 Å². The zero-order chi connectivity index (χ0) is 15.2. The number of hydrogen-bond donors (Lipinski definition) is 0. The molecule has 1 aliphatic carbocycles. The zero-order valence-corrected chi connectivity index (χ0v) is 15.3. The molecule has 118 valence electrons. The smallest absolute Gasteiger partial charge is 0.225 e. The van der Waals surface area contributed by atoms with Crippen LogP contribution in [0.2, 0.25) is 0 Å². The number of unbranched alkanes of at least 4 members (excludes halogenated alkanes) is 2. The summed E-state index contributed by atoms with van der Waals surface area (Å²) in [7, 11) is 1.98. The Kier molecular flexibility index (Phi) is 7.57. The first-order valence-electron chi connectivity index (χ1n) is 8.17. The lowest BCUT2D eigenvalue weighted by Gasteiger charge is -2.37. The average Bonchev–Trinajstić information content (AvgIpc) is 2.41. The molecule has 0 heterocycles. The summed E-state index contributed by atoms with van der Waals surface area (Å²) in [5.74, 6) is 1.46. The molecule has 0 radical (unpaired) electrons. The van der Waals surface area contributed by atoms with Crippen LogP contribution in [-0.2, 0) is 4.79 Å². The minimum absolute atomic E-state index is 0.287. The van der Waals surface area contributed by atoms with Gasteiger partial charge in [0.2, 0.25) is 5.91 Å². The highest BCUT2D eigenvalue weighted by Crippen LogP contribution is 2.40. The van der Waals surface area contributed by atoms with Gasteiger partial charge in [-0.05, 0) is 49.9 Å². The Balaban J connectivity index is 2.31. The van der Waals surface area contributed by atoms with Gasteiger partial charge in [-0.2, -0.15) is 0 Å². The van der Waals surface area contributed by atoms with Gasteiger partial charge in [-0.1, -0.05) is 43.1 Å². The summed E-state index contributed by atoms with van der Waals surface area (Å²) in [6.07, 6.45) is 8.16. The molecular formula is C17H32BrNO. The predicted octanol–water partition coefficient (Wildman–Crippen LogP) is 4.86. The van der Waals surface area contributed by atoms with Crippen molar-refractivity contribution in [3.8, 4) is 0 Å². The highest BCUT2D eigenvalue weighted by molar-refractivity contribution is 9.09. The van der Waals surface area contributed by atoms with Crippen LogP contribution in [0.15, 0.2) is 0 Å². The molecule has 2 nitrogen and oxygen atoms in total. The fourth-order valence-corrected chi connectivity index (χ4v) is 3.64. The van der Waals surface area contributed by atoms with Crippen LogP contribution < -0.4 is 0 Å². The first-order chi connectivity index (χ1) is 9.36. The first kappa shape index (κ1) is 18.0. The molecule has 0 aliphatic heterocycles. The van der Waals surface area contributed by atoms with E-state index in [9.17, 15) is 4.79 Å². The monoisotopic (exact) mass is 345 g/mol. The van der Waals surface area contributed by atoms with Crippen LogP contribution in [0.4, 0.5) is 0 Å². The van der Waals surface area contributed by atoms with Gasteiger partial charge in [-0.3, -0.25) is 4.79 Å². The van der Waals surface area contributed by atoms with Crippen molar-refractivity contribution < 1.29 is 4.79 Å². The minimum atomic E-state index is 0.287. The normalized spacial score (nSPS) is 23.6. The molecule has 0 spiro atoms. The van der Waals surface area contributed by atoms with Crippen molar-refractivity contribution in [3.05, 3.63) is 0 Å². The molecule has 1 amide bonds. The van der Waals surface area contributed by atoms with Gasteiger partial charge in [0.25, 0.3) is 0 Å². The Labute approximate surface area is 133 Å². The lowest BCUT2D eigenvalue weighted by Crippen LogP contribution is -2.37. The molecule has 0 bridgehead atoms. The maximum Gasteiger partial charge on any atom is 0.225 e. The van der Waals surface area contributed by atoms with Crippen LogP contribution in [0.25, 0.3) is 0 Å². The number of nitrogens with zero attached hydrogens (tertiary/aromatic N) is 1. The van der Waals surface area contributed by atoms with Gasteiger partial charge in [0.1, 0.15) is 0 Å². The number of rotatable bonds is 6. The predicted molar refractivity (Wildman–Crippen MR) is 90.2 cm³/mol. The summed E-state index contributed by atoms with van der Waals surface area (Å²) < 4.78 is 0. The van der Waals surface area contributed by atoms with Gasteiger partial charge >= 0.3 is 0 Å². The van der Waals surface area contributed by atoms with E-state index < -0.39 is 0 Å². The minimum Gasteiger partial charge on any atom is -0.346 e. The number of amides is 1. The van der Waals surface area contributed by atoms with E-state index in [1.165, 1.54) is 25.7 Å². The molecule has 0 aromatic heterocycles. The highest BCUT2D eigenvalue weighted by Gasteiger charge is 2.33. The fourth-order valence-electron chi connectivity index (χ4n) is 3.25. The molecule has 3 heteroatoms. The first-order valence-corrected chi connectivity index (χ1v) is 9.29. The van der Waals surface area contributed by atoms with E-state index in [0.717, 1.165) is 37.1 Å². The average molecular weight is 346 g/mol. The van der Waals surface area contributed by atoms with Gasteiger partial charge in [-0.25, -0.2) is 0 Å². The largest absolute Gasteiger partial charge is 0.346 e. The van der Waals surface area contributed by atoms with Crippen molar-refractivity contribution >= 4 is 21.8 Å². The third-order valence-corrected chi connectivity index (χ3v) is 5.37. The Bertz CT molecular complexity index is 290. The summed E-state index contributed by atoms with van der Waals surface area (Å²) in [5.41, 5.74) is 0.398. The number of carbonyl (C=O) groups excluding carboxylic acids is 1. The molecule has 1 aliphatic rings. The van der Waals surface area contributed by atoms with Crippen molar-refractivity contribution in [2.45, 2.75) is 65.7 Å². The van der Waals surface area contributed by atoms with E-state index in [1.807, 2.05) is 11.9 Å². The quantitative estimate of drug-likeness (QED) is 0.497. The molecule has 0 atom stereocenters. The molecule has 0 aromatic rings. The van der Waals surface area contributed by atoms with Crippen LogP contribution in [0.5, 0.6) is 0 Å². The molecule has 20 heavy (non-hydrogen) atoms. The van der Waals surface area contributed by atoms with Crippen LogP contribution in [0.1, 0.15) is 65.7 Å². The molecule has 0 unspecified atom stereocenters. The second kappa shape index (κ2) is 8.41. The Hall–Kier alpha value is -0.0500. The Morgan fingerprint density at radius 2 is 1.70 bits per heavy atom. The van der Waals surface area contributed by atoms with Crippen LogP contribution in [0.3, 0.4) is 0 Å². The standard InChI is InChI=1S/C17H32BrNO/c1-17(2,3)15-10-8-14(9-11-15)16(20)19(4)13-7-5-6-12-18/h14-15H,5-13H2,1-4H3. The highest BCUT2D eigenvalue weighted by atomic mass is 79.9. The van der Waals surface area contributed by atoms with E-state index >= 15 is 0 Å². The number of carbonyl (C=O) groups is 1. The summed E-state index contributed by atoms with van der Waals surface area (Å²) in [5, 5.41) is 1.07. The van der Waals surface area contributed by atoms with Crippen molar-refractivity contribution in [1.29, 1.82) is 0 Å². The Morgan fingerprint density at radius 1 is 1.10 bits per heavy atom. The molecule has 1 rings (SSSR count). The van der Waals surface area contributed by atoms with E-state index in [0.29, 0.717) is 11.3 Å². The third kappa shape index (κ3) is 5.75. The summed E-state index contributed by atoms with van der Waals surface area (Å²) in [4.78, 5) is 14.4. The molecule has 0 aromatic carbocycles. The molecular weight excluding hydrogens is 314 g/mol. The van der Waals surface area contributed by atoms with Crippen molar-refractivity contribution in [3.63, 3.8) is 0 Å². The summed E-state index contributed by atoms with van der Waals surface area (Å²) >= 11 is 3.45.